The zero-order valence-electron chi connectivity index (χ0n) is 13.9. The van der Waals surface area contributed by atoms with E-state index in [9.17, 15) is 14.7 Å². The summed E-state index contributed by atoms with van der Waals surface area (Å²) < 4.78 is 5.14. The number of rotatable bonds is 7. The van der Waals surface area contributed by atoms with E-state index >= 15 is 0 Å². The molecule has 1 unspecified atom stereocenters. The molecule has 1 aliphatic rings. The molecule has 23 heavy (non-hydrogen) atoms. The lowest BCUT2D eigenvalue weighted by Crippen LogP contribution is -2.46. The second-order valence-electron chi connectivity index (χ2n) is 6.85. The van der Waals surface area contributed by atoms with Crippen LogP contribution in [-0.2, 0) is 4.79 Å². The summed E-state index contributed by atoms with van der Waals surface area (Å²) in [4.78, 5) is 26.3. The minimum atomic E-state index is -0.418. The maximum atomic E-state index is 12.3. The van der Waals surface area contributed by atoms with Crippen molar-refractivity contribution in [3.05, 3.63) is 24.2 Å². The van der Waals surface area contributed by atoms with Crippen LogP contribution in [0.5, 0.6) is 0 Å². The molecule has 0 spiro atoms. The first-order valence-electron chi connectivity index (χ1n) is 8.18. The topological polar surface area (TPSA) is 82.8 Å². The number of aliphatic hydroxyl groups is 1. The molecule has 1 aliphatic heterocycles. The van der Waals surface area contributed by atoms with Gasteiger partial charge in [0, 0.05) is 19.7 Å². The number of nitrogens with zero attached hydrogens (tertiary/aromatic N) is 1. The van der Waals surface area contributed by atoms with Crippen LogP contribution in [0, 0.1) is 5.41 Å². The van der Waals surface area contributed by atoms with Crippen LogP contribution >= 0.6 is 0 Å². The third-order valence-corrected chi connectivity index (χ3v) is 4.31. The molecule has 6 heteroatoms. The predicted octanol–water partition coefficient (Wildman–Crippen LogP) is 1.80. The summed E-state index contributed by atoms with van der Waals surface area (Å²) in [6.45, 7) is 5.26. The number of amides is 2. The summed E-state index contributed by atoms with van der Waals surface area (Å²) in [6.07, 6.45) is 4.60. The van der Waals surface area contributed by atoms with Gasteiger partial charge in [-0.3, -0.25) is 9.59 Å². The van der Waals surface area contributed by atoms with E-state index in [0.717, 1.165) is 19.3 Å². The second-order valence-corrected chi connectivity index (χ2v) is 6.85. The van der Waals surface area contributed by atoms with E-state index in [-0.39, 0.29) is 29.6 Å². The number of carbonyl (C=O) groups excluding carboxylic acids is 2. The fourth-order valence-corrected chi connectivity index (χ4v) is 2.80. The van der Waals surface area contributed by atoms with Gasteiger partial charge < -0.3 is 19.7 Å². The van der Waals surface area contributed by atoms with Crippen LogP contribution in [0.2, 0.25) is 0 Å². The van der Waals surface area contributed by atoms with Gasteiger partial charge in [-0.1, -0.05) is 13.8 Å². The van der Waals surface area contributed by atoms with Gasteiger partial charge >= 0.3 is 0 Å². The smallest absolute Gasteiger partial charge is 0.290 e. The summed E-state index contributed by atoms with van der Waals surface area (Å²) in [5.74, 6) is -0.0623. The Morgan fingerprint density at radius 3 is 2.91 bits per heavy atom. The van der Waals surface area contributed by atoms with Crippen molar-refractivity contribution in [1.82, 2.24) is 10.2 Å². The third kappa shape index (κ3) is 4.58. The Labute approximate surface area is 136 Å². The monoisotopic (exact) mass is 322 g/mol. The molecular formula is C17H26N2O4. The summed E-state index contributed by atoms with van der Waals surface area (Å²) in [5, 5.41) is 12.1. The molecule has 0 aliphatic carbocycles. The number of furan rings is 1. The predicted molar refractivity (Wildman–Crippen MR) is 85.9 cm³/mol. The molecule has 128 valence electrons. The fourth-order valence-electron chi connectivity index (χ4n) is 2.80. The van der Waals surface area contributed by atoms with Gasteiger partial charge in [0.25, 0.3) is 5.91 Å². The van der Waals surface area contributed by atoms with Crippen molar-refractivity contribution in [1.29, 1.82) is 0 Å². The van der Waals surface area contributed by atoms with Crippen molar-refractivity contribution in [2.45, 2.75) is 45.6 Å². The molecule has 0 bridgehead atoms. The minimum absolute atomic E-state index is 0.107. The zero-order chi connectivity index (χ0) is 16.9. The van der Waals surface area contributed by atoms with Gasteiger partial charge in [-0.15, -0.1) is 0 Å². The van der Waals surface area contributed by atoms with E-state index in [1.165, 1.54) is 6.26 Å². The van der Waals surface area contributed by atoms with Crippen LogP contribution in [0.25, 0.3) is 0 Å². The Hall–Kier alpha value is -1.82. The molecule has 2 heterocycles. The lowest BCUT2D eigenvalue weighted by Gasteiger charge is -2.24. The van der Waals surface area contributed by atoms with E-state index in [1.54, 1.807) is 17.0 Å². The van der Waals surface area contributed by atoms with Gasteiger partial charge in [-0.05, 0) is 43.2 Å². The van der Waals surface area contributed by atoms with Crippen LogP contribution < -0.4 is 5.32 Å². The Morgan fingerprint density at radius 2 is 2.26 bits per heavy atom. The summed E-state index contributed by atoms with van der Waals surface area (Å²) in [5.41, 5.74) is -0.126. The molecule has 1 saturated heterocycles. The quantitative estimate of drug-likeness (QED) is 0.750. The van der Waals surface area contributed by atoms with Crippen molar-refractivity contribution < 1.29 is 19.1 Å². The average Bonchev–Trinajstić information content (AvgIpc) is 3.21. The van der Waals surface area contributed by atoms with Gasteiger partial charge in [0.2, 0.25) is 5.91 Å². The van der Waals surface area contributed by atoms with Crippen molar-refractivity contribution in [2.24, 2.45) is 5.41 Å². The Kier molecular flexibility index (Phi) is 5.82. The number of hydrogen-bond acceptors (Lipinski definition) is 4. The van der Waals surface area contributed by atoms with Crippen molar-refractivity contribution in [3.63, 3.8) is 0 Å². The van der Waals surface area contributed by atoms with Crippen LogP contribution in [0.3, 0.4) is 0 Å². The molecule has 2 N–H and O–H groups in total. The van der Waals surface area contributed by atoms with Gasteiger partial charge in [0.15, 0.2) is 5.76 Å². The second kappa shape index (κ2) is 7.64. The number of carbonyl (C=O) groups is 2. The maximum absolute atomic E-state index is 12.3. The summed E-state index contributed by atoms with van der Waals surface area (Å²) in [7, 11) is 0. The van der Waals surface area contributed by atoms with Crippen LogP contribution in [0.4, 0.5) is 0 Å². The SMILES string of the molecule is CC(C)(CO)CCCNC(=O)C1CCCN1C(=O)c1ccco1. The molecule has 1 fully saturated rings. The molecule has 0 aromatic carbocycles. The van der Waals surface area contributed by atoms with Crippen LogP contribution in [-0.4, -0.2) is 47.6 Å². The van der Waals surface area contributed by atoms with Crippen molar-refractivity contribution in [3.8, 4) is 0 Å². The molecule has 1 aromatic rings. The van der Waals surface area contributed by atoms with Gasteiger partial charge in [-0.25, -0.2) is 0 Å². The Balaban J connectivity index is 1.83. The van der Waals surface area contributed by atoms with Crippen molar-refractivity contribution >= 4 is 11.8 Å². The van der Waals surface area contributed by atoms with Crippen molar-refractivity contribution in [2.75, 3.05) is 19.7 Å². The standard InChI is InChI=1S/C17H26N2O4/c1-17(2,12-20)8-5-9-18-15(21)13-6-3-10-19(13)16(22)14-7-4-11-23-14/h4,7,11,13,20H,3,5-6,8-10,12H2,1-2H3,(H,18,21). The summed E-state index contributed by atoms with van der Waals surface area (Å²) in [6, 6.07) is 2.87. The van der Waals surface area contributed by atoms with E-state index in [0.29, 0.717) is 19.5 Å². The molecular weight excluding hydrogens is 296 g/mol. The molecule has 0 radical (unpaired) electrons. The lowest BCUT2D eigenvalue weighted by atomic mass is 9.89. The van der Waals surface area contributed by atoms with Gasteiger partial charge in [-0.2, -0.15) is 0 Å². The van der Waals surface area contributed by atoms with Crippen LogP contribution in [0.15, 0.2) is 22.8 Å². The first-order valence-corrected chi connectivity index (χ1v) is 8.18. The summed E-state index contributed by atoms with van der Waals surface area (Å²) >= 11 is 0. The van der Waals surface area contributed by atoms with Crippen LogP contribution in [0.1, 0.15) is 50.1 Å². The Morgan fingerprint density at radius 1 is 1.48 bits per heavy atom. The highest BCUT2D eigenvalue weighted by Crippen LogP contribution is 2.22. The average molecular weight is 322 g/mol. The number of hydrogen-bond donors (Lipinski definition) is 2. The highest BCUT2D eigenvalue weighted by Gasteiger charge is 2.35. The normalized spacial score (nSPS) is 18.2. The zero-order valence-corrected chi connectivity index (χ0v) is 13.9. The molecule has 1 aromatic heterocycles. The molecule has 2 rings (SSSR count). The van der Waals surface area contributed by atoms with Gasteiger partial charge in [0.05, 0.1) is 6.26 Å². The molecule has 6 nitrogen and oxygen atoms in total. The molecule has 0 saturated carbocycles. The van der Waals surface area contributed by atoms with E-state index in [4.69, 9.17) is 4.42 Å². The first kappa shape index (κ1) is 17.5. The van der Waals surface area contributed by atoms with E-state index in [2.05, 4.69) is 5.32 Å². The lowest BCUT2D eigenvalue weighted by molar-refractivity contribution is -0.124. The maximum Gasteiger partial charge on any atom is 0.290 e. The first-order chi connectivity index (χ1) is 10.9. The minimum Gasteiger partial charge on any atom is -0.459 e. The highest BCUT2D eigenvalue weighted by molar-refractivity contribution is 5.95. The highest BCUT2D eigenvalue weighted by atomic mass is 16.3. The van der Waals surface area contributed by atoms with E-state index in [1.807, 2.05) is 13.8 Å². The fraction of sp³-hybridized carbons (Fsp3) is 0.647. The number of nitrogens with one attached hydrogen (secondary N) is 1. The Bertz CT molecular complexity index is 525. The third-order valence-electron chi connectivity index (χ3n) is 4.31. The molecule has 1 atom stereocenters. The number of aliphatic hydroxyl groups excluding tert-OH is 1. The van der Waals surface area contributed by atoms with Gasteiger partial charge in [0.1, 0.15) is 6.04 Å². The van der Waals surface area contributed by atoms with E-state index < -0.39 is 6.04 Å². The number of likely N-dealkylation sites (tertiary alicyclic amines) is 1. The largest absolute Gasteiger partial charge is 0.459 e. The molecule has 2 amide bonds.